The lowest BCUT2D eigenvalue weighted by Gasteiger charge is -2.37. The lowest BCUT2D eigenvalue weighted by molar-refractivity contribution is -0.629. The van der Waals surface area contributed by atoms with Crippen molar-refractivity contribution in [2.24, 2.45) is 0 Å². The highest BCUT2D eigenvalue weighted by molar-refractivity contribution is 4.82. The van der Waals surface area contributed by atoms with Gasteiger partial charge in [0.05, 0.1) is 17.3 Å². The summed E-state index contributed by atoms with van der Waals surface area (Å²) in [5.74, 6) is -0.805. The summed E-state index contributed by atoms with van der Waals surface area (Å²) in [5, 5.41) is 18.3. The van der Waals surface area contributed by atoms with Crippen molar-refractivity contribution in [1.29, 1.82) is 0 Å². The highest BCUT2D eigenvalue weighted by Crippen LogP contribution is 2.28. The van der Waals surface area contributed by atoms with E-state index in [1.165, 1.54) is 12.4 Å². The minimum absolute atomic E-state index is 0.101. The first-order valence-electron chi connectivity index (χ1n) is 4.75. The average molecular weight is 228 g/mol. The lowest BCUT2D eigenvalue weighted by atomic mass is 10.1. The SMILES string of the molecule is CC1(C)OCC(n2ccnn2)([N+](=O)[O-])CO1. The Kier molecular flexibility index (Phi) is 2.39. The van der Waals surface area contributed by atoms with Crippen LogP contribution in [0.3, 0.4) is 0 Å². The van der Waals surface area contributed by atoms with Gasteiger partial charge in [0.15, 0.2) is 5.79 Å². The quantitative estimate of drug-likeness (QED) is 0.522. The molecule has 0 saturated carbocycles. The van der Waals surface area contributed by atoms with Crippen molar-refractivity contribution in [3.05, 3.63) is 22.5 Å². The third-order valence-electron chi connectivity index (χ3n) is 2.49. The molecule has 1 aromatic heterocycles. The van der Waals surface area contributed by atoms with Crippen LogP contribution < -0.4 is 0 Å². The number of nitrogens with zero attached hydrogens (tertiary/aromatic N) is 4. The third kappa shape index (κ3) is 1.65. The number of ether oxygens (including phenoxy) is 2. The Balaban J connectivity index is 2.30. The fourth-order valence-corrected chi connectivity index (χ4v) is 1.41. The Morgan fingerprint density at radius 3 is 2.50 bits per heavy atom. The van der Waals surface area contributed by atoms with Crippen molar-refractivity contribution in [3.8, 4) is 0 Å². The summed E-state index contributed by atoms with van der Waals surface area (Å²) >= 11 is 0. The number of hydrogen-bond acceptors (Lipinski definition) is 6. The van der Waals surface area contributed by atoms with Gasteiger partial charge in [-0.15, -0.1) is 5.10 Å². The molecule has 0 N–H and O–H groups in total. The average Bonchev–Trinajstić information content (AvgIpc) is 2.71. The third-order valence-corrected chi connectivity index (χ3v) is 2.49. The molecule has 1 saturated heterocycles. The first-order chi connectivity index (χ1) is 7.46. The number of aromatic nitrogens is 3. The minimum Gasteiger partial charge on any atom is -0.341 e. The maximum Gasteiger partial charge on any atom is 0.361 e. The van der Waals surface area contributed by atoms with Gasteiger partial charge in [-0.1, -0.05) is 5.21 Å². The summed E-state index contributed by atoms with van der Waals surface area (Å²) in [4.78, 5) is 10.7. The molecule has 8 nitrogen and oxygen atoms in total. The molecule has 16 heavy (non-hydrogen) atoms. The summed E-state index contributed by atoms with van der Waals surface area (Å²) < 4.78 is 11.8. The van der Waals surface area contributed by atoms with Crippen molar-refractivity contribution >= 4 is 0 Å². The Hall–Kier alpha value is -1.54. The molecule has 8 heteroatoms. The second kappa shape index (κ2) is 3.49. The van der Waals surface area contributed by atoms with E-state index in [1.807, 2.05) is 0 Å². The number of rotatable bonds is 2. The largest absolute Gasteiger partial charge is 0.361 e. The van der Waals surface area contributed by atoms with Gasteiger partial charge in [0.2, 0.25) is 0 Å². The van der Waals surface area contributed by atoms with Gasteiger partial charge in [0.25, 0.3) is 0 Å². The van der Waals surface area contributed by atoms with E-state index >= 15 is 0 Å². The van der Waals surface area contributed by atoms with Crippen LogP contribution in [-0.2, 0) is 15.1 Å². The van der Waals surface area contributed by atoms with Gasteiger partial charge in [0, 0.05) is 0 Å². The molecule has 1 fully saturated rings. The molecule has 1 aliphatic rings. The maximum absolute atomic E-state index is 11.1. The van der Waals surface area contributed by atoms with Crippen molar-refractivity contribution < 1.29 is 14.4 Å². The van der Waals surface area contributed by atoms with Gasteiger partial charge in [-0.25, -0.2) is 0 Å². The van der Waals surface area contributed by atoms with E-state index in [0.717, 1.165) is 4.68 Å². The predicted octanol–water partition coefficient (Wildman–Crippen LogP) is -0.00950. The molecule has 0 aromatic carbocycles. The lowest BCUT2D eigenvalue weighted by Crippen LogP contribution is -2.57. The molecule has 1 aliphatic heterocycles. The van der Waals surface area contributed by atoms with E-state index in [9.17, 15) is 10.1 Å². The molecule has 0 spiro atoms. The van der Waals surface area contributed by atoms with E-state index in [-0.39, 0.29) is 13.2 Å². The van der Waals surface area contributed by atoms with Gasteiger partial charge < -0.3 is 9.47 Å². The fraction of sp³-hybridized carbons (Fsp3) is 0.750. The molecule has 1 aromatic rings. The van der Waals surface area contributed by atoms with Gasteiger partial charge in [-0.3, -0.25) is 10.1 Å². The molecular formula is C8H12N4O4. The first-order valence-corrected chi connectivity index (χ1v) is 4.75. The molecular weight excluding hydrogens is 216 g/mol. The van der Waals surface area contributed by atoms with E-state index in [0.29, 0.717) is 0 Å². The number of nitro groups is 1. The molecule has 2 rings (SSSR count). The summed E-state index contributed by atoms with van der Waals surface area (Å²) in [6.45, 7) is 3.21. The van der Waals surface area contributed by atoms with Crippen LogP contribution >= 0.6 is 0 Å². The number of hydrogen-bond donors (Lipinski definition) is 0. The highest BCUT2D eigenvalue weighted by Gasteiger charge is 2.52. The van der Waals surface area contributed by atoms with Gasteiger partial charge in [-0.05, 0) is 13.8 Å². The van der Waals surface area contributed by atoms with Crippen LogP contribution in [-0.4, -0.2) is 38.9 Å². The highest BCUT2D eigenvalue weighted by atomic mass is 16.7. The summed E-state index contributed by atoms with van der Waals surface area (Å²) in [7, 11) is 0. The zero-order valence-electron chi connectivity index (χ0n) is 8.99. The van der Waals surface area contributed by atoms with E-state index in [2.05, 4.69) is 10.3 Å². The van der Waals surface area contributed by atoms with Gasteiger partial charge >= 0.3 is 5.66 Å². The maximum atomic E-state index is 11.1. The monoisotopic (exact) mass is 228 g/mol. The van der Waals surface area contributed by atoms with E-state index < -0.39 is 16.4 Å². The zero-order chi connectivity index (χ0) is 11.8. The summed E-state index contributed by atoms with van der Waals surface area (Å²) in [6.07, 6.45) is 2.80. The van der Waals surface area contributed by atoms with Crippen LogP contribution in [0, 0.1) is 10.1 Å². The van der Waals surface area contributed by atoms with E-state index in [4.69, 9.17) is 9.47 Å². The second-order valence-corrected chi connectivity index (χ2v) is 4.06. The van der Waals surface area contributed by atoms with Crippen LogP contribution in [0.1, 0.15) is 13.8 Å². The standard InChI is InChI=1S/C8H12N4O4/c1-7(2)15-5-8(6-16-7,12(13)14)11-4-3-9-10-11/h3-4H,5-6H2,1-2H3. The fourth-order valence-electron chi connectivity index (χ4n) is 1.41. The zero-order valence-corrected chi connectivity index (χ0v) is 8.99. The van der Waals surface area contributed by atoms with Crippen LogP contribution in [0.15, 0.2) is 12.4 Å². The van der Waals surface area contributed by atoms with Crippen molar-refractivity contribution in [2.75, 3.05) is 13.2 Å². The Morgan fingerprint density at radius 1 is 1.44 bits per heavy atom. The minimum atomic E-state index is -1.52. The van der Waals surface area contributed by atoms with Gasteiger partial charge in [-0.2, -0.15) is 4.68 Å². The molecule has 0 bridgehead atoms. The smallest absolute Gasteiger partial charge is 0.341 e. The second-order valence-electron chi connectivity index (χ2n) is 4.06. The Morgan fingerprint density at radius 2 is 2.06 bits per heavy atom. The van der Waals surface area contributed by atoms with Gasteiger partial charge in [0.1, 0.15) is 13.2 Å². The molecule has 2 heterocycles. The van der Waals surface area contributed by atoms with Crippen LogP contribution in [0.5, 0.6) is 0 Å². The Bertz CT molecular complexity index is 379. The normalized spacial score (nSPS) is 22.9. The van der Waals surface area contributed by atoms with Crippen molar-refractivity contribution in [2.45, 2.75) is 25.3 Å². The Labute approximate surface area is 91.3 Å². The molecule has 0 aliphatic carbocycles. The molecule has 0 atom stereocenters. The van der Waals surface area contributed by atoms with E-state index in [1.54, 1.807) is 13.8 Å². The van der Waals surface area contributed by atoms with Crippen LogP contribution in [0.2, 0.25) is 0 Å². The molecule has 0 unspecified atom stereocenters. The summed E-state index contributed by atoms with van der Waals surface area (Å²) in [6, 6.07) is 0. The topological polar surface area (TPSA) is 92.3 Å². The summed E-state index contributed by atoms with van der Waals surface area (Å²) in [5.41, 5.74) is -1.52. The molecule has 0 radical (unpaired) electrons. The van der Waals surface area contributed by atoms with Crippen LogP contribution in [0.4, 0.5) is 0 Å². The van der Waals surface area contributed by atoms with Crippen LogP contribution in [0.25, 0.3) is 0 Å². The molecule has 88 valence electrons. The molecule has 0 amide bonds. The van der Waals surface area contributed by atoms with Crippen molar-refractivity contribution in [1.82, 2.24) is 15.0 Å². The predicted molar refractivity (Wildman–Crippen MR) is 51.0 cm³/mol. The first kappa shape index (κ1) is 11.0. The van der Waals surface area contributed by atoms with Crippen molar-refractivity contribution in [3.63, 3.8) is 0 Å².